The fraction of sp³-hybridized carbons (Fsp3) is 0.818. The van der Waals surface area contributed by atoms with Crippen LogP contribution >= 0.6 is 24.0 Å². The maximum atomic E-state index is 5.97. The van der Waals surface area contributed by atoms with E-state index >= 15 is 0 Å². The van der Waals surface area contributed by atoms with Gasteiger partial charge >= 0.3 is 0 Å². The van der Waals surface area contributed by atoms with Gasteiger partial charge in [0.05, 0.1) is 13.2 Å². The van der Waals surface area contributed by atoms with Crippen LogP contribution in [-0.2, 0) is 17.8 Å². The summed E-state index contributed by atoms with van der Waals surface area (Å²) in [6, 6.07) is 0. The Balaban J connectivity index is 0.00000147. The van der Waals surface area contributed by atoms with E-state index in [2.05, 4.69) is 20.5 Å². The number of aliphatic imine (C=N–C) groups is 1. The number of nitrogens with zero attached hydrogens (tertiary/aromatic N) is 6. The van der Waals surface area contributed by atoms with E-state index in [0.717, 1.165) is 31.4 Å². The number of rotatable bonds is 4. The SMILES string of the molecule is I.NC(=NCc1nnnn1CC1CC1)N1CCOCC1. The molecule has 0 unspecified atom stereocenters. The molecule has 1 saturated carbocycles. The molecule has 2 N–H and O–H groups in total. The molecule has 0 spiro atoms. The number of guanidine groups is 1. The van der Waals surface area contributed by atoms with Gasteiger partial charge in [0, 0.05) is 19.6 Å². The molecule has 0 atom stereocenters. The zero-order valence-electron chi connectivity index (χ0n) is 11.3. The molecule has 9 heteroatoms. The Labute approximate surface area is 134 Å². The first-order chi connectivity index (χ1) is 9.33. The second-order valence-electron chi connectivity index (χ2n) is 4.99. The van der Waals surface area contributed by atoms with E-state index in [1.54, 1.807) is 0 Å². The third-order valence-electron chi connectivity index (χ3n) is 3.45. The van der Waals surface area contributed by atoms with Crippen molar-refractivity contribution >= 4 is 29.9 Å². The Kier molecular flexibility index (Phi) is 5.52. The van der Waals surface area contributed by atoms with Crippen LogP contribution in [0.25, 0.3) is 0 Å². The van der Waals surface area contributed by atoms with E-state index < -0.39 is 0 Å². The molecule has 1 aliphatic heterocycles. The largest absolute Gasteiger partial charge is 0.378 e. The Morgan fingerprint density at radius 3 is 2.80 bits per heavy atom. The smallest absolute Gasteiger partial charge is 0.191 e. The molecule has 2 fully saturated rings. The summed E-state index contributed by atoms with van der Waals surface area (Å²) in [5.74, 6) is 2.07. The average molecular weight is 393 g/mol. The quantitative estimate of drug-likeness (QED) is 0.434. The highest BCUT2D eigenvalue weighted by Gasteiger charge is 2.23. The van der Waals surface area contributed by atoms with E-state index in [9.17, 15) is 0 Å². The van der Waals surface area contributed by atoms with Crippen molar-refractivity contribution in [3.05, 3.63) is 5.82 Å². The number of hydrogen-bond acceptors (Lipinski definition) is 5. The first-order valence-electron chi connectivity index (χ1n) is 6.70. The predicted molar refractivity (Wildman–Crippen MR) is 83.7 cm³/mol. The Morgan fingerprint density at radius 2 is 2.10 bits per heavy atom. The molecule has 1 aromatic rings. The van der Waals surface area contributed by atoms with Gasteiger partial charge in [-0.1, -0.05) is 0 Å². The summed E-state index contributed by atoms with van der Waals surface area (Å²) in [5.41, 5.74) is 5.97. The number of halogens is 1. The number of nitrogens with two attached hydrogens (primary N) is 1. The predicted octanol–water partition coefficient (Wildman–Crippen LogP) is -0.152. The van der Waals surface area contributed by atoms with Crippen molar-refractivity contribution < 1.29 is 4.74 Å². The fourth-order valence-electron chi connectivity index (χ4n) is 2.07. The van der Waals surface area contributed by atoms with Gasteiger partial charge in [-0.15, -0.1) is 29.1 Å². The molecule has 1 aliphatic carbocycles. The lowest BCUT2D eigenvalue weighted by molar-refractivity contribution is 0.0674. The molecule has 0 aromatic carbocycles. The summed E-state index contributed by atoms with van der Waals surface area (Å²) in [6.07, 6.45) is 2.55. The molecule has 0 amide bonds. The summed E-state index contributed by atoms with van der Waals surface area (Å²) in [4.78, 5) is 6.41. The zero-order chi connectivity index (χ0) is 13.1. The molecule has 8 nitrogen and oxygen atoms in total. The standard InChI is InChI=1S/C11H19N7O.HI/c12-11(17-3-5-19-6-4-17)13-7-10-14-15-16-18(10)8-9-1-2-9;/h9H,1-8H2,(H2,12,13);1H. The third-order valence-corrected chi connectivity index (χ3v) is 3.45. The van der Waals surface area contributed by atoms with Crippen molar-refractivity contribution in [2.75, 3.05) is 26.3 Å². The summed E-state index contributed by atoms with van der Waals surface area (Å²) < 4.78 is 7.12. The molecule has 20 heavy (non-hydrogen) atoms. The lowest BCUT2D eigenvalue weighted by Crippen LogP contribution is -2.44. The lowest BCUT2D eigenvalue weighted by Gasteiger charge is -2.27. The average Bonchev–Trinajstić information content (AvgIpc) is 3.15. The number of aromatic nitrogens is 4. The Bertz CT molecular complexity index is 453. The van der Waals surface area contributed by atoms with Crippen LogP contribution in [0.2, 0.25) is 0 Å². The first-order valence-corrected chi connectivity index (χ1v) is 6.70. The van der Waals surface area contributed by atoms with E-state index in [-0.39, 0.29) is 24.0 Å². The summed E-state index contributed by atoms with van der Waals surface area (Å²) >= 11 is 0. The van der Waals surface area contributed by atoms with Gasteiger partial charge in [-0.3, -0.25) is 0 Å². The molecule has 2 heterocycles. The van der Waals surface area contributed by atoms with Crippen molar-refractivity contribution in [3.8, 4) is 0 Å². The molecule has 112 valence electrons. The highest BCUT2D eigenvalue weighted by atomic mass is 127. The number of ether oxygens (including phenoxy) is 1. The molecule has 2 aliphatic rings. The minimum absolute atomic E-state index is 0. The molecule has 1 aromatic heterocycles. The highest BCUT2D eigenvalue weighted by Crippen LogP contribution is 2.30. The second kappa shape index (κ2) is 7.16. The van der Waals surface area contributed by atoms with Gasteiger partial charge in [0.15, 0.2) is 11.8 Å². The van der Waals surface area contributed by atoms with Crippen LogP contribution in [0.4, 0.5) is 0 Å². The van der Waals surface area contributed by atoms with E-state index in [1.807, 2.05) is 9.58 Å². The van der Waals surface area contributed by atoms with Crippen LogP contribution < -0.4 is 5.73 Å². The van der Waals surface area contributed by atoms with Crippen LogP contribution in [0.5, 0.6) is 0 Å². The van der Waals surface area contributed by atoms with Crippen LogP contribution in [-0.4, -0.2) is 57.4 Å². The maximum Gasteiger partial charge on any atom is 0.191 e. The van der Waals surface area contributed by atoms with Gasteiger partial charge in [0.2, 0.25) is 0 Å². The highest BCUT2D eigenvalue weighted by molar-refractivity contribution is 14.0. The minimum Gasteiger partial charge on any atom is -0.378 e. The Morgan fingerprint density at radius 1 is 1.35 bits per heavy atom. The van der Waals surface area contributed by atoms with Crippen LogP contribution in [0.15, 0.2) is 4.99 Å². The first kappa shape index (κ1) is 15.4. The van der Waals surface area contributed by atoms with Crippen LogP contribution in [0.1, 0.15) is 18.7 Å². The summed E-state index contributed by atoms with van der Waals surface area (Å²) in [7, 11) is 0. The summed E-state index contributed by atoms with van der Waals surface area (Å²) in [5, 5.41) is 11.7. The molecule has 1 saturated heterocycles. The van der Waals surface area contributed by atoms with Gasteiger partial charge in [-0.2, -0.15) is 0 Å². The normalized spacial score (nSPS) is 19.8. The van der Waals surface area contributed by atoms with E-state index in [1.165, 1.54) is 12.8 Å². The number of morpholine rings is 1. The topological polar surface area (TPSA) is 94.4 Å². The number of tetrazole rings is 1. The van der Waals surface area contributed by atoms with Crippen LogP contribution in [0, 0.1) is 5.92 Å². The van der Waals surface area contributed by atoms with Gasteiger partial charge in [0.1, 0.15) is 6.54 Å². The van der Waals surface area contributed by atoms with Crippen molar-refractivity contribution in [1.29, 1.82) is 0 Å². The zero-order valence-corrected chi connectivity index (χ0v) is 13.6. The molecule has 0 bridgehead atoms. The van der Waals surface area contributed by atoms with Crippen LogP contribution in [0.3, 0.4) is 0 Å². The van der Waals surface area contributed by atoms with Crippen molar-refractivity contribution in [2.24, 2.45) is 16.6 Å². The van der Waals surface area contributed by atoms with E-state index in [4.69, 9.17) is 10.5 Å². The van der Waals surface area contributed by atoms with Crippen molar-refractivity contribution in [2.45, 2.75) is 25.9 Å². The van der Waals surface area contributed by atoms with Crippen molar-refractivity contribution in [3.63, 3.8) is 0 Å². The van der Waals surface area contributed by atoms with Gasteiger partial charge in [0.25, 0.3) is 0 Å². The lowest BCUT2D eigenvalue weighted by atomic mass is 10.4. The number of hydrogen-bond donors (Lipinski definition) is 1. The minimum atomic E-state index is 0. The summed E-state index contributed by atoms with van der Waals surface area (Å²) in [6.45, 7) is 4.33. The fourth-order valence-corrected chi connectivity index (χ4v) is 2.07. The van der Waals surface area contributed by atoms with Crippen molar-refractivity contribution in [1.82, 2.24) is 25.1 Å². The molecular weight excluding hydrogens is 373 g/mol. The van der Waals surface area contributed by atoms with E-state index in [0.29, 0.717) is 25.7 Å². The van der Waals surface area contributed by atoms with Gasteiger partial charge in [-0.05, 0) is 29.2 Å². The molecule has 3 rings (SSSR count). The second-order valence-corrected chi connectivity index (χ2v) is 4.99. The Hall–Kier alpha value is -0.970. The maximum absolute atomic E-state index is 5.97. The monoisotopic (exact) mass is 393 g/mol. The van der Waals surface area contributed by atoms with Gasteiger partial charge in [-0.25, -0.2) is 9.67 Å². The van der Waals surface area contributed by atoms with Gasteiger partial charge < -0.3 is 15.4 Å². The third kappa shape index (κ3) is 4.01. The molecule has 0 radical (unpaired) electrons. The molecular formula is C11H20IN7O.